The molecule has 0 atom stereocenters. The van der Waals surface area contributed by atoms with Crippen LogP contribution in [0.4, 0.5) is 4.39 Å². The van der Waals surface area contributed by atoms with Gasteiger partial charge >= 0.3 is 0 Å². The number of carbonyl (C=O) groups is 1. The van der Waals surface area contributed by atoms with Crippen molar-refractivity contribution in [2.24, 2.45) is 7.05 Å². The third kappa shape index (κ3) is 5.88. The molecule has 3 aromatic rings. The summed E-state index contributed by atoms with van der Waals surface area (Å²) in [6.07, 6.45) is 10.6. The highest BCUT2D eigenvalue weighted by molar-refractivity contribution is 5.91. The van der Waals surface area contributed by atoms with E-state index in [1.807, 2.05) is 30.8 Å². The zero-order valence-electron chi connectivity index (χ0n) is 16.8. The number of likely N-dealkylation sites (N-methyl/N-ethyl adjacent to an activating group) is 1. The second-order valence-electron chi connectivity index (χ2n) is 7.12. The fraction of sp³-hybridized carbons (Fsp3) is 0.318. The SMILES string of the molecule is CN(CCCCCc1cc(-c2cccc(F)c2)n[nH]1)C(=O)/C=C/c1cncn1C. The summed E-state index contributed by atoms with van der Waals surface area (Å²) in [5, 5.41) is 7.29. The first-order valence-electron chi connectivity index (χ1n) is 9.72. The van der Waals surface area contributed by atoms with E-state index in [9.17, 15) is 9.18 Å². The highest BCUT2D eigenvalue weighted by Crippen LogP contribution is 2.19. The number of hydrogen-bond acceptors (Lipinski definition) is 3. The highest BCUT2D eigenvalue weighted by Gasteiger charge is 2.07. The molecule has 0 unspecified atom stereocenters. The van der Waals surface area contributed by atoms with E-state index in [0.29, 0.717) is 6.54 Å². The van der Waals surface area contributed by atoms with Gasteiger partial charge in [0.2, 0.25) is 5.91 Å². The minimum absolute atomic E-state index is 0.0143. The number of halogens is 1. The van der Waals surface area contributed by atoms with Crippen LogP contribution in [0.3, 0.4) is 0 Å². The number of unbranched alkanes of at least 4 members (excludes halogenated alkanes) is 2. The fourth-order valence-electron chi connectivity index (χ4n) is 3.05. The predicted molar refractivity (Wildman–Crippen MR) is 111 cm³/mol. The Kier molecular flexibility index (Phi) is 6.94. The molecule has 29 heavy (non-hydrogen) atoms. The fourth-order valence-corrected chi connectivity index (χ4v) is 3.05. The molecule has 0 aliphatic carbocycles. The molecule has 6 nitrogen and oxygen atoms in total. The number of carbonyl (C=O) groups excluding carboxylic acids is 1. The van der Waals surface area contributed by atoms with Crippen LogP contribution in [0, 0.1) is 5.82 Å². The monoisotopic (exact) mass is 395 g/mol. The van der Waals surface area contributed by atoms with E-state index in [-0.39, 0.29) is 11.7 Å². The number of H-pyrrole nitrogens is 1. The van der Waals surface area contributed by atoms with Crippen molar-refractivity contribution in [1.29, 1.82) is 0 Å². The molecule has 1 N–H and O–H groups in total. The normalized spacial score (nSPS) is 11.3. The molecular weight excluding hydrogens is 369 g/mol. The van der Waals surface area contributed by atoms with Crippen LogP contribution in [0.2, 0.25) is 0 Å². The molecule has 1 aromatic carbocycles. The number of aromatic amines is 1. The Labute approximate surface area is 170 Å². The molecular formula is C22H26FN5O. The molecule has 2 heterocycles. The zero-order chi connectivity index (χ0) is 20.6. The van der Waals surface area contributed by atoms with Crippen LogP contribution in [-0.4, -0.2) is 44.1 Å². The summed E-state index contributed by atoms with van der Waals surface area (Å²) in [6.45, 7) is 0.714. The maximum atomic E-state index is 13.3. The summed E-state index contributed by atoms with van der Waals surface area (Å²) in [6, 6.07) is 8.40. The minimum Gasteiger partial charge on any atom is -0.342 e. The number of hydrogen-bond donors (Lipinski definition) is 1. The Balaban J connectivity index is 1.37. The lowest BCUT2D eigenvalue weighted by molar-refractivity contribution is -0.124. The van der Waals surface area contributed by atoms with Gasteiger partial charge in [0.25, 0.3) is 0 Å². The molecule has 7 heteroatoms. The molecule has 0 radical (unpaired) electrons. The summed E-state index contributed by atoms with van der Waals surface area (Å²) in [5.74, 6) is -0.277. The number of imidazole rings is 1. The first-order valence-corrected chi connectivity index (χ1v) is 9.72. The van der Waals surface area contributed by atoms with Crippen molar-refractivity contribution in [2.45, 2.75) is 25.7 Å². The third-order valence-corrected chi connectivity index (χ3v) is 4.82. The van der Waals surface area contributed by atoms with Gasteiger partial charge in [-0.3, -0.25) is 9.89 Å². The van der Waals surface area contributed by atoms with Gasteiger partial charge in [0, 0.05) is 38.0 Å². The molecule has 0 fully saturated rings. The van der Waals surface area contributed by atoms with Gasteiger partial charge in [-0.1, -0.05) is 18.6 Å². The van der Waals surface area contributed by atoms with E-state index in [2.05, 4.69) is 15.2 Å². The van der Waals surface area contributed by atoms with Crippen molar-refractivity contribution in [3.63, 3.8) is 0 Å². The summed E-state index contributed by atoms with van der Waals surface area (Å²) < 4.78 is 15.2. The molecule has 0 spiro atoms. The lowest BCUT2D eigenvalue weighted by atomic mass is 10.1. The molecule has 0 aliphatic heterocycles. The Bertz CT molecular complexity index is 975. The first-order chi connectivity index (χ1) is 14.0. The lowest BCUT2D eigenvalue weighted by Crippen LogP contribution is -2.25. The van der Waals surface area contributed by atoms with Gasteiger partial charge < -0.3 is 9.47 Å². The second-order valence-corrected chi connectivity index (χ2v) is 7.12. The number of aryl methyl sites for hydroxylation is 2. The van der Waals surface area contributed by atoms with E-state index < -0.39 is 0 Å². The first kappa shape index (κ1) is 20.5. The number of benzene rings is 1. The number of aromatic nitrogens is 4. The second kappa shape index (κ2) is 9.82. The van der Waals surface area contributed by atoms with Crippen LogP contribution in [0.25, 0.3) is 17.3 Å². The Morgan fingerprint density at radius 1 is 1.28 bits per heavy atom. The minimum atomic E-state index is -0.263. The van der Waals surface area contributed by atoms with Crippen LogP contribution in [-0.2, 0) is 18.3 Å². The summed E-state index contributed by atoms with van der Waals surface area (Å²) >= 11 is 0. The molecule has 2 aromatic heterocycles. The quantitative estimate of drug-likeness (QED) is 0.442. The molecule has 152 valence electrons. The van der Waals surface area contributed by atoms with Gasteiger partial charge in [-0.15, -0.1) is 0 Å². The van der Waals surface area contributed by atoms with E-state index in [1.165, 1.54) is 12.1 Å². The van der Waals surface area contributed by atoms with E-state index >= 15 is 0 Å². The number of nitrogens with one attached hydrogen (secondary N) is 1. The van der Waals surface area contributed by atoms with Crippen molar-refractivity contribution < 1.29 is 9.18 Å². The Morgan fingerprint density at radius 3 is 2.90 bits per heavy atom. The number of amides is 1. The predicted octanol–water partition coefficient (Wildman–Crippen LogP) is 3.83. The Morgan fingerprint density at radius 2 is 2.14 bits per heavy atom. The third-order valence-electron chi connectivity index (χ3n) is 4.82. The van der Waals surface area contributed by atoms with Gasteiger partial charge in [-0.05, 0) is 43.5 Å². The molecule has 3 rings (SSSR count). The van der Waals surface area contributed by atoms with Crippen molar-refractivity contribution in [1.82, 2.24) is 24.6 Å². The van der Waals surface area contributed by atoms with Gasteiger partial charge in [0.1, 0.15) is 5.82 Å². The van der Waals surface area contributed by atoms with Crippen LogP contribution < -0.4 is 0 Å². The van der Waals surface area contributed by atoms with Crippen LogP contribution in [0.5, 0.6) is 0 Å². The number of rotatable bonds is 9. The molecule has 1 amide bonds. The van der Waals surface area contributed by atoms with Gasteiger partial charge in [0.05, 0.1) is 23.9 Å². The van der Waals surface area contributed by atoms with E-state index in [0.717, 1.165) is 48.3 Å². The molecule has 0 saturated carbocycles. The van der Waals surface area contributed by atoms with E-state index in [1.54, 1.807) is 35.6 Å². The van der Waals surface area contributed by atoms with Crippen molar-refractivity contribution >= 4 is 12.0 Å². The smallest absolute Gasteiger partial charge is 0.246 e. The van der Waals surface area contributed by atoms with Crippen LogP contribution >= 0.6 is 0 Å². The average molecular weight is 395 g/mol. The van der Waals surface area contributed by atoms with E-state index in [4.69, 9.17) is 0 Å². The van der Waals surface area contributed by atoms with Crippen LogP contribution in [0.1, 0.15) is 30.7 Å². The summed E-state index contributed by atoms with van der Waals surface area (Å²) in [7, 11) is 3.71. The van der Waals surface area contributed by atoms with Crippen LogP contribution in [0.15, 0.2) is 48.9 Å². The van der Waals surface area contributed by atoms with Gasteiger partial charge in [0.15, 0.2) is 0 Å². The Hall–Kier alpha value is -3.22. The standard InChI is InChI=1S/C22H26FN5O/c1-27(22(29)11-10-20-15-24-16-28(20)2)12-5-3-4-9-19-14-21(26-25-19)17-7-6-8-18(23)13-17/h6-8,10-11,13-16H,3-5,9,12H2,1-2H3,(H,25,26)/b11-10+. The van der Waals surface area contributed by atoms with Crippen molar-refractivity contribution in [2.75, 3.05) is 13.6 Å². The van der Waals surface area contributed by atoms with Gasteiger partial charge in [-0.25, -0.2) is 9.37 Å². The van der Waals surface area contributed by atoms with Crippen molar-refractivity contribution in [3.8, 4) is 11.3 Å². The topological polar surface area (TPSA) is 66.8 Å². The lowest BCUT2D eigenvalue weighted by Gasteiger charge is -2.14. The number of nitrogens with zero attached hydrogens (tertiary/aromatic N) is 4. The molecule has 0 saturated heterocycles. The molecule has 0 bridgehead atoms. The molecule has 0 aliphatic rings. The summed E-state index contributed by atoms with van der Waals surface area (Å²) in [4.78, 5) is 17.9. The maximum absolute atomic E-state index is 13.3. The average Bonchev–Trinajstić information content (AvgIpc) is 3.34. The summed E-state index contributed by atoms with van der Waals surface area (Å²) in [5.41, 5.74) is 3.45. The van der Waals surface area contributed by atoms with Crippen molar-refractivity contribution in [3.05, 3.63) is 66.1 Å². The zero-order valence-corrected chi connectivity index (χ0v) is 16.8. The largest absolute Gasteiger partial charge is 0.342 e. The highest BCUT2D eigenvalue weighted by atomic mass is 19.1. The van der Waals surface area contributed by atoms with Gasteiger partial charge in [-0.2, -0.15) is 5.10 Å². The maximum Gasteiger partial charge on any atom is 0.246 e.